The highest BCUT2D eigenvalue weighted by atomic mass is 32.2. The van der Waals surface area contributed by atoms with Crippen LogP contribution in [0.3, 0.4) is 0 Å². The summed E-state index contributed by atoms with van der Waals surface area (Å²) < 4.78 is 28.6. The average Bonchev–Trinajstić information content (AvgIpc) is 3.07. The van der Waals surface area contributed by atoms with Crippen LogP contribution in [0, 0.1) is 11.3 Å². The standard InChI is InChI=1S/C24H30N2O5S/c1-24(2,3)15-8-9-20-18(12-15)22(17-6-4-5-7-19(17)26-20)23(28)31-13-21(27)25-16-10-11-32(29,30)14-16/h4-7,15-16H,8-14H2,1-3H3,(H,25,27)/t15-,16-/m0/s1. The van der Waals surface area contributed by atoms with E-state index in [0.29, 0.717) is 17.9 Å². The van der Waals surface area contributed by atoms with Gasteiger partial charge in [-0.05, 0) is 48.6 Å². The number of esters is 1. The van der Waals surface area contributed by atoms with E-state index in [1.165, 1.54) is 0 Å². The van der Waals surface area contributed by atoms with E-state index in [-0.39, 0.29) is 16.9 Å². The fraction of sp³-hybridized carbons (Fsp3) is 0.542. The number of aryl methyl sites for hydroxylation is 1. The zero-order valence-corrected chi connectivity index (χ0v) is 19.6. The number of ether oxygens (including phenoxy) is 1. The van der Waals surface area contributed by atoms with Crippen molar-refractivity contribution < 1.29 is 22.7 Å². The zero-order valence-electron chi connectivity index (χ0n) is 18.8. The Morgan fingerprint density at radius 3 is 2.62 bits per heavy atom. The first-order chi connectivity index (χ1) is 15.0. The lowest BCUT2D eigenvalue weighted by Crippen LogP contribution is -2.38. The van der Waals surface area contributed by atoms with Gasteiger partial charge >= 0.3 is 5.97 Å². The normalized spacial score (nSPS) is 22.3. The van der Waals surface area contributed by atoms with Crippen molar-refractivity contribution in [1.82, 2.24) is 10.3 Å². The van der Waals surface area contributed by atoms with Crippen molar-refractivity contribution in [3.63, 3.8) is 0 Å². The molecule has 8 heteroatoms. The largest absolute Gasteiger partial charge is 0.452 e. The highest BCUT2D eigenvalue weighted by Gasteiger charge is 2.33. The molecule has 1 aliphatic heterocycles. The van der Waals surface area contributed by atoms with Crippen LogP contribution in [0.4, 0.5) is 0 Å². The van der Waals surface area contributed by atoms with Crippen LogP contribution in [0.25, 0.3) is 10.9 Å². The average molecular weight is 459 g/mol. The number of amides is 1. The summed E-state index contributed by atoms with van der Waals surface area (Å²) in [5.41, 5.74) is 3.19. The van der Waals surface area contributed by atoms with Gasteiger partial charge in [-0.15, -0.1) is 0 Å². The summed E-state index contributed by atoms with van der Waals surface area (Å²) in [5, 5.41) is 3.39. The van der Waals surface area contributed by atoms with Gasteiger partial charge < -0.3 is 10.1 Å². The molecular formula is C24H30N2O5S. The number of carbonyl (C=O) groups excluding carboxylic acids is 2. The number of hydrogen-bond acceptors (Lipinski definition) is 6. The van der Waals surface area contributed by atoms with E-state index in [9.17, 15) is 18.0 Å². The Bertz CT molecular complexity index is 1170. The maximum Gasteiger partial charge on any atom is 0.339 e. The summed E-state index contributed by atoms with van der Waals surface area (Å²) in [6.07, 6.45) is 2.95. The topological polar surface area (TPSA) is 102 Å². The highest BCUT2D eigenvalue weighted by molar-refractivity contribution is 7.91. The number of sulfone groups is 1. The molecule has 2 heterocycles. The Balaban J connectivity index is 1.56. The predicted octanol–water partition coefficient (Wildman–Crippen LogP) is 2.85. The SMILES string of the molecule is CC(C)(C)[C@H]1CCc2nc3ccccc3c(C(=O)OCC(=O)N[C@H]3CCS(=O)(=O)C3)c2C1. The number of aromatic nitrogens is 1. The minimum atomic E-state index is -3.10. The lowest BCUT2D eigenvalue weighted by Gasteiger charge is -2.35. The third-order valence-corrected chi connectivity index (χ3v) is 8.39. The van der Waals surface area contributed by atoms with Crippen molar-refractivity contribution in [2.24, 2.45) is 11.3 Å². The molecule has 1 N–H and O–H groups in total. The van der Waals surface area contributed by atoms with E-state index in [0.717, 1.165) is 41.4 Å². The van der Waals surface area contributed by atoms with E-state index >= 15 is 0 Å². The fourth-order valence-electron chi connectivity index (χ4n) is 4.74. The summed E-state index contributed by atoms with van der Waals surface area (Å²) in [6.45, 7) is 6.19. The van der Waals surface area contributed by atoms with Crippen molar-refractivity contribution in [3.8, 4) is 0 Å². The smallest absolute Gasteiger partial charge is 0.339 e. The monoisotopic (exact) mass is 458 g/mol. The second-order valence-electron chi connectivity index (χ2n) is 9.98. The van der Waals surface area contributed by atoms with Gasteiger partial charge in [0.15, 0.2) is 16.4 Å². The number of carbonyl (C=O) groups is 2. The molecule has 0 saturated carbocycles. The highest BCUT2D eigenvalue weighted by Crippen LogP contribution is 2.39. The molecule has 0 bridgehead atoms. The molecule has 4 rings (SSSR count). The van der Waals surface area contributed by atoms with Gasteiger partial charge in [0.2, 0.25) is 0 Å². The molecule has 2 aliphatic rings. The minimum absolute atomic E-state index is 0.0661. The number of pyridine rings is 1. The summed E-state index contributed by atoms with van der Waals surface area (Å²) in [6, 6.07) is 7.08. The third-order valence-electron chi connectivity index (χ3n) is 6.62. The third kappa shape index (κ3) is 4.80. The van der Waals surface area contributed by atoms with E-state index in [1.54, 1.807) is 0 Å². The molecule has 2 atom stereocenters. The molecule has 1 aromatic heterocycles. The molecule has 1 aliphatic carbocycles. The Morgan fingerprint density at radius 2 is 1.94 bits per heavy atom. The molecule has 32 heavy (non-hydrogen) atoms. The van der Waals surface area contributed by atoms with Gasteiger partial charge in [0.05, 0.1) is 22.6 Å². The van der Waals surface area contributed by atoms with Crippen molar-refractivity contribution in [1.29, 1.82) is 0 Å². The fourth-order valence-corrected chi connectivity index (χ4v) is 6.42. The first-order valence-electron chi connectivity index (χ1n) is 11.1. The number of fused-ring (bicyclic) bond motifs is 2. The van der Waals surface area contributed by atoms with E-state index < -0.39 is 34.4 Å². The molecule has 1 amide bonds. The second kappa shape index (κ2) is 8.46. The molecule has 2 aromatic rings. The number of hydrogen-bond donors (Lipinski definition) is 1. The number of para-hydroxylation sites is 1. The molecule has 0 radical (unpaired) electrons. The van der Waals surface area contributed by atoms with Crippen LogP contribution in [0.2, 0.25) is 0 Å². The van der Waals surface area contributed by atoms with Crippen LogP contribution in [0.1, 0.15) is 55.2 Å². The number of nitrogens with one attached hydrogen (secondary N) is 1. The molecule has 0 unspecified atom stereocenters. The summed E-state index contributed by atoms with van der Waals surface area (Å²) >= 11 is 0. The Hall–Kier alpha value is -2.48. The van der Waals surface area contributed by atoms with E-state index in [1.807, 2.05) is 24.3 Å². The Morgan fingerprint density at radius 1 is 1.19 bits per heavy atom. The van der Waals surface area contributed by atoms with Crippen LogP contribution >= 0.6 is 0 Å². The molecular weight excluding hydrogens is 428 g/mol. The van der Waals surface area contributed by atoms with Crippen molar-refractivity contribution >= 4 is 32.6 Å². The van der Waals surface area contributed by atoms with Crippen LogP contribution in [0.15, 0.2) is 24.3 Å². The Labute approximate surface area is 188 Å². The van der Waals surface area contributed by atoms with Crippen molar-refractivity contribution in [2.75, 3.05) is 18.1 Å². The van der Waals surface area contributed by atoms with Crippen LogP contribution < -0.4 is 5.32 Å². The molecule has 1 fully saturated rings. The van der Waals surface area contributed by atoms with Gasteiger partial charge in [0.25, 0.3) is 5.91 Å². The first-order valence-corrected chi connectivity index (χ1v) is 12.9. The second-order valence-corrected chi connectivity index (χ2v) is 12.2. The molecule has 1 aromatic carbocycles. The molecule has 1 saturated heterocycles. The van der Waals surface area contributed by atoms with Crippen molar-refractivity contribution in [2.45, 2.75) is 52.5 Å². The van der Waals surface area contributed by atoms with Crippen LogP contribution in [-0.4, -0.2) is 49.4 Å². The number of benzene rings is 1. The van der Waals surface area contributed by atoms with Gasteiger partial charge in [-0.2, -0.15) is 0 Å². The number of nitrogens with zero attached hydrogens (tertiary/aromatic N) is 1. The lowest BCUT2D eigenvalue weighted by molar-refractivity contribution is -0.124. The Kier molecular flexibility index (Phi) is 6.00. The van der Waals surface area contributed by atoms with Crippen LogP contribution in [0.5, 0.6) is 0 Å². The summed E-state index contributed by atoms with van der Waals surface area (Å²) in [4.78, 5) is 30.3. The maximum absolute atomic E-state index is 13.2. The number of rotatable bonds is 4. The van der Waals surface area contributed by atoms with Gasteiger partial charge in [-0.25, -0.2) is 13.2 Å². The predicted molar refractivity (Wildman–Crippen MR) is 122 cm³/mol. The van der Waals surface area contributed by atoms with Crippen LogP contribution in [-0.2, 0) is 32.2 Å². The van der Waals surface area contributed by atoms with Gasteiger partial charge in [-0.1, -0.05) is 39.0 Å². The quantitative estimate of drug-likeness (QED) is 0.707. The molecule has 7 nitrogen and oxygen atoms in total. The summed E-state index contributed by atoms with van der Waals surface area (Å²) in [5.74, 6) is -0.605. The minimum Gasteiger partial charge on any atom is -0.452 e. The van der Waals surface area contributed by atoms with Gasteiger partial charge in [-0.3, -0.25) is 9.78 Å². The lowest BCUT2D eigenvalue weighted by atomic mass is 9.70. The zero-order chi connectivity index (χ0) is 23.1. The van der Waals surface area contributed by atoms with Crippen molar-refractivity contribution in [3.05, 3.63) is 41.1 Å². The molecule has 172 valence electrons. The van der Waals surface area contributed by atoms with E-state index in [2.05, 4.69) is 26.1 Å². The van der Waals surface area contributed by atoms with E-state index in [4.69, 9.17) is 9.72 Å². The first kappa shape index (κ1) is 22.7. The van der Waals surface area contributed by atoms with Gasteiger partial charge in [0, 0.05) is 17.1 Å². The summed E-state index contributed by atoms with van der Waals surface area (Å²) in [7, 11) is -3.10. The maximum atomic E-state index is 13.2. The molecule has 0 spiro atoms. The van der Waals surface area contributed by atoms with Gasteiger partial charge in [0.1, 0.15) is 0 Å².